The van der Waals surface area contributed by atoms with Gasteiger partial charge in [0.1, 0.15) is 0 Å². The summed E-state index contributed by atoms with van der Waals surface area (Å²) in [5.41, 5.74) is 0. The minimum Gasteiger partial charge on any atom is -0.462 e. The van der Waals surface area contributed by atoms with E-state index in [0.29, 0.717) is 0 Å². The van der Waals surface area contributed by atoms with E-state index in [4.69, 9.17) is 14.2 Å². The Morgan fingerprint density at radius 2 is 1.42 bits per heavy atom. The van der Waals surface area contributed by atoms with Crippen LogP contribution in [0.5, 0.6) is 0 Å². The number of methoxy groups -OCH3 is 1. The maximum absolute atomic E-state index is 11.8. The van der Waals surface area contributed by atoms with E-state index in [1.165, 1.54) is 7.11 Å². The molecule has 0 aliphatic carbocycles. The second-order valence-corrected chi connectivity index (χ2v) is 4.87. The van der Waals surface area contributed by atoms with Crippen molar-refractivity contribution in [1.82, 2.24) is 0 Å². The van der Waals surface area contributed by atoms with Crippen molar-refractivity contribution in [3.05, 3.63) is 0 Å². The van der Waals surface area contributed by atoms with E-state index in [0.717, 1.165) is 0 Å². The minimum atomic E-state index is -1.13. The van der Waals surface area contributed by atoms with Crippen LogP contribution in [-0.4, -0.2) is 49.1 Å². The number of aliphatic hydroxyl groups is 1. The lowest BCUT2D eigenvalue weighted by Gasteiger charge is -2.20. The summed E-state index contributed by atoms with van der Waals surface area (Å²) >= 11 is 0. The Hall–Kier alpha value is -1.14. The van der Waals surface area contributed by atoms with Crippen LogP contribution in [0.3, 0.4) is 0 Å². The maximum Gasteiger partial charge on any atom is 0.320 e. The van der Waals surface area contributed by atoms with Gasteiger partial charge >= 0.3 is 11.9 Å². The Bertz CT molecular complexity index is 265. The number of hydrogen-bond donors (Lipinski definition) is 1. The third-order valence-electron chi connectivity index (χ3n) is 2.14. The number of esters is 2. The Morgan fingerprint density at radius 3 is 1.74 bits per heavy atom. The molecule has 0 aliphatic heterocycles. The largest absolute Gasteiger partial charge is 0.462 e. The SMILES string of the molecule is COCC(O)CC(C(=O)OC(C)C)C(=O)OC(C)C. The molecule has 0 amide bonds. The normalized spacial score (nSPS) is 12.9. The van der Waals surface area contributed by atoms with Gasteiger partial charge in [-0.3, -0.25) is 9.59 Å². The molecule has 0 fully saturated rings. The van der Waals surface area contributed by atoms with Crippen molar-refractivity contribution in [2.75, 3.05) is 13.7 Å². The minimum absolute atomic E-state index is 0.0421. The van der Waals surface area contributed by atoms with Gasteiger partial charge in [-0.1, -0.05) is 0 Å². The molecule has 0 radical (unpaired) electrons. The van der Waals surface area contributed by atoms with Crippen molar-refractivity contribution in [1.29, 1.82) is 0 Å². The Kier molecular flexibility index (Phi) is 8.34. The first-order chi connectivity index (χ1) is 8.77. The number of carbonyl (C=O) groups is 2. The first-order valence-corrected chi connectivity index (χ1v) is 6.35. The lowest BCUT2D eigenvalue weighted by molar-refractivity contribution is -0.168. The highest BCUT2D eigenvalue weighted by Gasteiger charge is 2.33. The zero-order valence-electron chi connectivity index (χ0n) is 12.2. The van der Waals surface area contributed by atoms with Gasteiger partial charge < -0.3 is 19.3 Å². The smallest absolute Gasteiger partial charge is 0.320 e. The van der Waals surface area contributed by atoms with Crippen LogP contribution in [-0.2, 0) is 23.8 Å². The van der Waals surface area contributed by atoms with Gasteiger partial charge in [0.05, 0.1) is 24.9 Å². The number of hydrogen-bond acceptors (Lipinski definition) is 6. The van der Waals surface area contributed by atoms with E-state index < -0.39 is 24.0 Å². The Balaban J connectivity index is 4.71. The average molecular weight is 276 g/mol. The zero-order chi connectivity index (χ0) is 15.0. The van der Waals surface area contributed by atoms with Gasteiger partial charge in [0.2, 0.25) is 0 Å². The van der Waals surface area contributed by atoms with Crippen LogP contribution in [0, 0.1) is 5.92 Å². The number of aliphatic hydroxyl groups excluding tert-OH is 1. The second-order valence-electron chi connectivity index (χ2n) is 4.87. The Morgan fingerprint density at radius 1 is 1.00 bits per heavy atom. The fourth-order valence-electron chi connectivity index (χ4n) is 1.45. The summed E-state index contributed by atoms with van der Waals surface area (Å²) in [6.45, 7) is 6.80. The molecule has 0 aromatic heterocycles. The summed E-state index contributed by atoms with van der Waals surface area (Å²) in [5, 5.41) is 9.65. The first-order valence-electron chi connectivity index (χ1n) is 6.35. The molecule has 0 aliphatic rings. The summed E-state index contributed by atoms with van der Waals surface area (Å²) < 4.78 is 14.8. The molecule has 0 aromatic carbocycles. The topological polar surface area (TPSA) is 82.1 Å². The highest BCUT2D eigenvalue weighted by atomic mass is 16.6. The molecule has 1 unspecified atom stereocenters. The van der Waals surface area contributed by atoms with Crippen LogP contribution in [0.4, 0.5) is 0 Å². The van der Waals surface area contributed by atoms with Gasteiger partial charge in [0.15, 0.2) is 5.92 Å². The van der Waals surface area contributed by atoms with E-state index >= 15 is 0 Å². The predicted octanol–water partition coefficient (Wildman–Crippen LogP) is 0.903. The van der Waals surface area contributed by atoms with Crippen LogP contribution in [0.1, 0.15) is 34.1 Å². The number of carbonyl (C=O) groups excluding carboxylic acids is 2. The first kappa shape index (κ1) is 17.9. The number of ether oxygens (including phenoxy) is 3. The molecule has 6 heteroatoms. The predicted molar refractivity (Wildman–Crippen MR) is 68.4 cm³/mol. The molecule has 0 rings (SSSR count). The van der Waals surface area contributed by atoms with Crippen molar-refractivity contribution in [3.8, 4) is 0 Å². The summed E-state index contributed by atoms with van der Waals surface area (Å²) in [7, 11) is 1.43. The fraction of sp³-hybridized carbons (Fsp3) is 0.846. The van der Waals surface area contributed by atoms with Gasteiger partial charge in [0.25, 0.3) is 0 Å². The molecule has 19 heavy (non-hydrogen) atoms. The van der Waals surface area contributed by atoms with Crippen LogP contribution in [0.25, 0.3) is 0 Å². The average Bonchev–Trinajstić information content (AvgIpc) is 2.23. The molecule has 0 bridgehead atoms. The fourth-order valence-corrected chi connectivity index (χ4v) is 1.45. The van der Waals surface area contributed by atoms with Crippen LogP contribution in [0.2, 0.25) is 0 Å². The van der Waals surface area contributed by atoms with Crippen molar-refractivity contribution in [2.45, 2.75) is 52.4 Å². The second kappa shape index (κ2) is 8.87. The quantitative estimate of drug-likeness (QED) is 0.524. The van der Waals surface area contributed by atoms with Gasteiger partial charge in [-0.05, 0) is 34.1 Å². The van der Waals surface area contributed by atoms with Gasteiger partial charge in [-0.2, -0.15) is 0 Å². The lowest BCUT2D eigenvalue weighted by Crippen LogP contribution is -2.34. The Labute approximate surface area is 114 Å². The van der Waals surface area contributed by atoms with E-state index in [-0.39, 0.29) is 25.2 Å². The monoisotopic (exact) mass is 276 g/mol. The molecular formula is C13H24O6. The van der Waals surface area contributed by atoms with Gasteiger partial charge in [0, 0.05) is 7.11 Å². The van der Waals surface area contributed by atoms with Crippen LogP contribution < -0.4 is 0 Å². The zero-order valence-corrected chi connectivity index (χ0v) is 12.2. The van der Waals surface area contributed by atoms with Gasteiger partial charge in [-0.25, -0.2) is 0 Å². The molecule has 0 spiro atoms. The molecular weight excluding hydrogens is 252 g/mol. The van der Waals surface area contributed by atoms with Crippen LogP contribution >= 0.6 is 0 Å². The van der Waals surface area contributed by atoms with Gasteiger partial charge in [-0.15, -0.1) is 0 Å². The molecule has 6 nitrogen and oxygen atoms in total. The van der Waals surface area contributed by atoms with Crippen molar-refractivity contribution < 1.29 is 28.9 Å². The third-order valence-corrected chi connectivity index (χ3v) is 2.14. The van der Waals surface area contributed by atoms with E-state index in [9.17, 15) is 14.7 Å². The molecule has 0 heterocycles. The van der Waals surface area contributed by atoms with E-state index in [2.05, 4.69) is 0 Å². The molecule has 0 aromatic rings. The molecule has 0 saturated heterocycles. The van der Waals surface area contributed by atoms with Crippen molar-refractivity contribution >= 4 is 11.9 Å². The van der Waals surface area contributed by atoms with Crippen LogP contribution in [0.15, 0.2) is 0 Å². The molecule has 0 saturated carbocycles. The molecule has 1 atom stereocenters. The summed E-state index contributed by atoms with van der Waals surface area (Å²) in [5.74, 6) is -2.50. The molecule has 1 N–H and O–H groups in total. The highest BCUT2D eigenvalue weighted by Crippen LogP contribution is 2.14. The molecule has 112 valence electrons. The summed E-state index contributed by atoms with van der Waals surface area (Å²) in [6, 6.07) is 0. The van der Waals surface area contributed by atoms with Crippen molar-refractivity contribution in [2.24, 2.45) is 5.92 Å². The summed E-state index contributed by atoms with van der Waals surface area (Å²) in [4.78, 5) is 23.7. The highest BCUT2D eigenvalue weighted by molar-refractivity contribution is 5.95. The van der Waals surface area contributed by atoms with Crippen molar-refractivity contribution in [3.63, 3.8) is 0 Å². The van der Waals surface area contributed by atoms with E-state index in [1.807, 2.05) is 0 Å². The lowest BCUT2D eigenvalue weighted by atomic mass is 10.0. The standard InChI is InChI=1S/C13H24O6/c1-8(2)18-12(15)11(6-10(14)7-17-5)13(16)19-9(3)4/h8-11,14H,6-7H2,1-5H3. The number of rotatable bonds is 8. The maximum atomic E-state index is 11.8. The van der Waals surface area contributed by atoms with E-state index in [1.54, 1.807) is 27.7 Å². The third kappa shape index (κ3) is 7.79. The summed E-state index contributed by atoms with van der Waals surface area (Å²) in [6.07, 6.45) is -1.66.